The van der Waals surface area contributed by atoms with Crippen LogP contribution in [0.3, 0.4) is 0 Å². The second kappa shape index (κ2) is 3.99. The summed E-state index contributed by atoms with van der Waals surface area (Å²) < 4.78 is 15.5. The molecule has 2 N–H and O–H groups in total. The van der Waals surface area contributed by atoms with Gasteiger partial charge in [-0.15, -0.1) is 4.37 Å². The third-order valence-electron chi connectivity index (χ3n) is 1.08. The van der Waals surface area contributed by atoms with E-state index in [1.165, 1.54) is 4.90 Å². The van der Waals surface area contributed by atoms with E-state index in [9.17, 15) is 9.18 Å². The highest BCUT2D eigenvalue weighted by molar-refractivity contribution is 7.09. The number of hydrazine groups is 1. The summed E-state index contributed by atoms with van der Waals surface area (Å²) in [5.41, 5.74) is 4.70. The van der Waals surface area contributed by atoms with Gasteiger partial charge >= 0.3 is 12.1 Å². The lowest BCUT2D eigenvalue weighted by atomic mass is 10.8. The number of hydrogen-bond donors (Lipinski definition) is 2. The molecule has 0 atom stereocenters. The summed E-state index contributed by atoms with van der Waals surface area (Å²) in [7, 11) is 3.16. The molecule has 0 aliphatic carbocycles. The first kappa shape index (κ1) is 9.65. The lowest BCUT2D eigenvalue weighted by molar-refractivity contribution is 0.219. The van der Waals surface area contributed by atoms with E-state index in [0.29, 0.717) is 0 Å². The first-order chi connectivity index (χ1) is 6.09. The van der Waals surface area contributed by atoms with Crippen molar-refractivity contribution in [2.24, 2.45) is 0 Å². The van der Waals surface area contributed by atoms with E-state index < -0.39 is 6.08 Å². The van der Waals surface area contributed by atoms with Gasteiger partial charge in [-0.25, -0.2) is 10.2 Å². The Labute approximate surface area is 77.9 Å². The summed E-state index contributed by atoms with van der Waals surface area (Å²) in [6.07, 6.45) is -0.813. The van der Waals surface area contributed by atoms with Crippen LogP contribution in [0, 0.1) is 6.08 Å². The monoisotopic (exact) mass is 205 g/mol. The minimum atomic E-state index is -0.813. The molecule has 0 aromatic carbocycles. The largest absolute Gasteiger partial charge is 0.335 e. The SMILES string of the molecule is CN(C)C(=O)NNc1nc(F)ns1. The number of hydrogen-bond acceptors (Lipinski definition) is 5. The van der Waals surface area contributed by atoms with Crippen LogP contribution in [0.1, 0.15) is 0 Å². The van der Waals surface area contributed by atoms with Gasteiger partial charge in [-0.2, -0.15) is 9.37 Å². The van der Waals surface area contributed by atoms with Crippen LogP contribution in [-0.4, -0.2) is 34.4 Å². The smallest absolute Gasteiger partial charge is 0.330 e. The van der Waals surface area contributed by atoms with Crippen molar-refractivity contribution in [1.29, 1.82) is 0 Å². The Bertz CT molecular complexity index is 301. The fraction of sp³-hybridized carbons (Fsp3) is 0.400. The number of carbonyl (C=O) groups is 1. The van der Waals surface area contributed by atoms with Gasteiger partial charge in [0.15, 0.2) is 0 Å². The Morgan fingerprint density at radius 3 is 2.77 bits per heavy atom. The third-order valence-corrected chi connectivity index (χ3v) is 1.69. The minimum absolute atomic E-state index is 0.202. The summed E-state index contributed by atoms with van der Waals surface area (Å²) >= 11 is 0.823. The molecule has 0 bridgehead atoms. The maximum atomic E-state index is 12.2. The van der Waals surface area contributed by atoms with Gasteiger partial charge in [0.25, 0.3) is 0 Å². The van der Waals surface area contributed by atoms with E-state index in [0.717, 1.165) is 11.5 Å². The number of nitrogens with one attached hydrogen (secondary N) is 2. The van der Waals surface area contributed by atoms with Crippen LogP contribution < -0.4 is 10.9 Å². The Morgan fingerprint density at radius 1 is 1.62 bits per heavy atom. The average Bonchev–Trinajstić information content (AvgIpc) is 2.47. The van der Waals surface area contributed by atoms with Crippen LogP contribution in [0.4, 0.5) is 14.3 Å². The van der Waals surface area contributed by atoms with Crippen molar-refractivity contribution >= 4 is 22.7 Å². The maximum Gasteiger partial charge on any atom is 0.335 e. The fourth-order valence-corrected chi connectivity index (χ4v) is 0.890. The number of rotatable bonds is 2. The summed E-state index contributed by atoms with van der Waals surface area (Å²) in [5.74, 6) is 0. The molecule has 0 spiro atoms. The van der Waals surface area contributed by atoms with Crippen LogP contribution >= 0.6 is 11.5 Å². The molecule has 0 radical (unpaired) electrons. The molecular weight excluding hydrogens is 197 g/mol. The van der Waals surface area contributed by atoms with Crippen molar-refractivity contribution in [2.75, 3.05) is 19.5 Å². The Balaban J connectivity index is 2.39. The highest BCUT2D eigenvalue weighted by Gasteiger charge is 2.04. The van der Waals surface area contributed by atoms with Crippen molar-refractivity contribution in [1.82, 2.24) is 19.7 Å². The standard InChI is InChI=1S/C5H8FN5OS/c1-11(2)5(12)9-8-4-7-3(6)10-13-4/h1-2H3,(H,9,12)(H,7,8,10). The molecule has 1 heterocycles. The van der Waals surface area contributed by atoms with E-state index >= 15 is 0 Å². The number of halogens is 1. The number of amides is 2. The Morgan fingerprint density at radius 2 is 2.31 bits per heavy atom. The van der Waals surface area contributed by atoms with Gasteiger partial charge in [0.1, 0.15) is 0 Å². The first-order valence-corrected chi connectivity index (χ1v) is 4.09. The minimum Gasteiger partial charge on any atom is -0.330 e. The molecule has 0 aliphatic rings. The maximum absolute atomic E-state index is 12.2. The molecule has 0 unspecified atom stereocenters. The quantitative estimate of drug-likeness (QED) is 0.680. The van der Waals surface area contributed by atoms with Crippen molar-refractivity contribution in [3.05, 3.63) is 6.08 Å². The number of anilines is 1. The van der Waals surface area contributed by atoms with E-state index in [-0.39, 0.29) is 11.2 Å². The molecule has 0 fully saturated rings. The molecule has 1 rings (SSSR count). The molecule has 13 heavy (non-hydrogen) atoms. The molecule has 1 aromatic heterocycles. The lowest BCUT2D eigenvalue weighted by Gasteiger charge is -2.11. The molecule has 6 nitrogen and oxygen atoms in total. The predicted molar refractivity (Wildman–Crippen MR) is 45.7 cm³/mol. The zero-order valence-corrected chi connectivity index (χ0v) is 7.85. The number of carbonyl (C=O) groups excluding carboxylic acids is 1. The zero-order chi connectivity index (χ0) is 9.84. The summed E-state index contributed by atoms with van der Waals surface area (Å²) in [6, 6.07) is -0.351. The molecular formula is C5H8FN5OS. The predicted octanol–water partition coefficient (Wildman–Crippen LogP) is 0.275. The number of nitrogens with zero attached hydrogens (tertiary/aromatic N) is 3. The molecule has 0 saturated carbocycles. The first-order valence-electron chi connectivity index (χ1n) is 3.32. The molecule has 0 aliphatic heterocycles. The van der Waals surface area contributed by atoms with Gasteiger partial charge < -0.3 is 4.90 Å². The summed E-state index contributed by atoms with van der Waals surface area (Å²) in [4.78, 5) is 15.6. The number of urea groups is 1. The van der Waals surface area contributed by atoms with Crippen molar-refractivity contribution < 1.29 is 9.18 Å². The van der Waals surface area contributed by atoms with Gasteiger partial charge in [-0.05, 0) is 0 Å². The van der Waals surface area contributed by atoms with Crippen molar-refractivity contribution in [2.45, 2.75) is 0 Å². The van der Waals surface area contributed by atoms with Crippen molar-refractivity contribution in [3.63, 3.8) is 0 Å². The lowest BCUT2D eigenvalue weighted by Crippen LogP contribution is -2.38. The van der Waals surface area contributed by atoms with Gasteiger partial charge in [0.2, 0.25) is 5.13 Å². The topological polar surface area (TPSA) is 70.2 Å². The van der Waals surface area contributed by atoms with E-state index in [4.69, 9.17) is 0 Å². The van der Waals surface area contributed by atoms with Crippen LogP contribution in [0.15, 0.2) is 0 Å². The normalized spacial score (nSPS) is 9.46. The Kier molecular flexibility index (Phi) is 2.96. The molecule has 72 valence electrons. The van der Waals surface area contributed by atoms with Crippen LogP contribution in [0.5, 0.6) is 0 Å². The fourth-order valence-electron chi connectivity index (χ4n) is 0.475. The molecule has 1 aromatic rings. The zero-order valence-electron chi connectivity index (χ0n) is 7.04. The Hall–Kier alpha value is -1.44. The van der Waals surface area contributed by atoms with Crippen LogP contribution in [0.2, 0.25) is 0 Å². The third kappa shape index (κ3) is 2.82. The highest BCUT2D eigenvalue weighted by atomic mass is 32.1. The van der Waals surface area contributed by atoms with Crippen LogP contribution in [-0.2, 0) is 0 Å². The van der Waals surface area contributed by atoms with Crippen molar-refractivity contribution in [3.8, 4) is 0 Å². The highest BCUT2D eigenvalue weighted by Crippen LogP contribution is 2.07. The van der Waals surface area contributed by atoms with Gasteiger partial charge in [-0.3, -0.25) is 5.43 Å². The molecule has 2 amide bonds. The van der Waals surface area contributed by atoms with E-state index in [2.05, 4.69) is 20.2 Å². The van der Waals surface area contributed by atoms with Gasteiger partial charge in [-0.1, -0.05) is 0 Å². The second-order valence-corrected chi connectivity index (χ2v) is 3.07. The van der Waals surface area contributed by atoms with E-state index in [1.807, 2.05) is 0 Å². The number of aromatic nitrogens is 2. The molecule has 0 saturated heterocycles. The summed E-state index contributed by atoms with van der Waals surface area (Å²) in [5, 5.41) is 0.202. The van der Waals surface area contributed by atoms with Gasteiger partial charge in [0.05, 0.1) is 0 Å². The second-order valence-electron chi connectivity index (χ2n) is 2.32. The van der Waals surface area contributed by atoms with E-state index in [1.54, 1.807) is 14.1 Å². The summed E-state index contributed by atoms with van der Waals surface area (Å²) in [6.45, 7) is 0. The van der Waals surface area contributed by atoms with Crippen LogP contribution in [0.25, 0.3) is 0 Å². The molecule has 8 heteroatoms. The van der Waals surface area contributed by atoms with Gasteiger partial charge in [0, 0.05) is 25.6 Å². The average molecular weight is 205 g/mol.